The predicted octanol–water partition coefficient (Wildman–Crippen LogP) is 0.135. The maximum atomic E-state index is 11.4. The largest absolute Gasteiger partial charge is 0.331 e. The van der Waals surface area contributed by atoms with E-state index < -0.39 is 0 Å². The first-order chi connectivity index (χ1) is 6.69. The van der Waals surface area contributed by atoms with Gasteiger partial charge in [-0.2, -0.15) is 0 Å². The second-order valence-electron chi connectivity index (χ2n) is 3.01. The molecule has 6 heteroatoms. The van der Waals surface area contributed by atoms with Crippen molar-refractivity contribution >= 4 is 35.0 Å². The van der Waals surface area contributed by atoms with E-state index in [2.05, 4.69) is 0 Å². The highest BCUT2D eigenvalue weighted by Gasteiger charge is 2.28. The number of amides is 2. The first-order valence-electron chi connectivity index (χ1n) is 4.36. The zero-order valence-electron chi connectivity index (χ0n) is 7.71. The lowest BCUT2D eigenvalue weighted by Crippen LogP contribution is -2.54. The molecule has 1 fully saturated rings. The number of carbonyl (C=O) groups excluding carboxylic acids is 2. The molecule has 1 aliphatic rings. The van der Waals surface area contributed by atoms with E-state index in [0.717, 1.165) is 0 Å². The third kappa shape index (κ3) is 2.75. The van der Waals surface area contributed by atoms with Crippen LogP contribution < -0.4 is 0 Å². The quantitative estimate of drug-likeness (QED) is 0.654. The monoisotopic (exact) mass is 238 g/mol. The van der Waals surface area contributed by atoms with Crippen LogP contribution >= 0.6 is 23.2 Å². The molecular formula is C8H12Cl2N2O2. The number of nitrogens with zero attached hydrogens (tertiary/aromatic N) is 2. The van der Waals surface area contributed by atoms with Gasteiger partial charge in [0.25, 0.3) is 0 Å². The van der Waals surface area contributed by atoms with E-state index in [1.807, 2.05) is 0 Å². The Kier molecular flexibility index (Phi) is 4.48. The topological polar surface area (TPSA) is 40.6 Å². The molecule has 0 N–H and O–H groups in total. The van der Waals surface area contributed by atoms with Gasteiger partial charge in [0.15, 0.2) is 0 Å². The summed E-state index contributed by atoms with van der Waals surface area (Å²) in [7, 11) is 0. The Balaban J connectivity index is 2.53. The number of carbonyl (C=O) groups is 2. The van der Waals surface area contributed by atoms with Crippen molar-refractivity contribution in [2.24, 2.45) is 0 Å². The van der Waals surface area contributed by atoms with Gasteiger partial charge >= 0.3 is 0 Å². The zero-order valence-corrected chi connectivity index (χ0v) is 9.22. The molecule has 0 unspecified atom stereocenters. The molecule has 2 amide bonds. The van der Waals surface area contributed by atoms with Crippen molar-refractivity contribution in [1.29, 1.82) is 0 Å². The molecule has 1 rings (SSSR count). The molecule has 0 atom stereocenters. The Morgan fingerprint density at radius 3 is 1.57 bits per heavy atom. The van der Waals surface area contributed by atoms with Gasteiger partial charge in [-0.15, -0.1) is 23.2 Å². The summed E-state index contributed by atoms with van der Waals surface area (Å²) < 4.78 is 0. The summed E-state index contributed by atoms with van der Waals surface area (Å²) in [4.78, 5) is 25.8. The molecule has 80 valence electrons. The predicted molar refractivity (Wildman–Crippen MR) is 54.6 cm³/mol. The minimum Gasteiger partial charge on any atom is -0.331 e. The van der Waals surface area contributed by atoms with Gasteiger partial charge in [-0.05, 0) is 0 Å². The lowest BCUT2D eigenvalue weighted by Gasteiger charge is -2.33. The third-order valence-corrected chi connectivity index (χ3v) is 2.40. The van der Waals surface area contributed by atoms with Crippen LogP contribution in [0.2, 0.25) is 0 Å². The molecule has 0 saturated carbocycles. The van der Waals surface area contributed by atoms with E-state index in [4.69, 9.17) is 23.2 Å². The molecule has 0 aliphatic carbocycles. The van der Waals surface area contributed by atoms with Gasteiger partial charge in [-0.1, -0.05) is 0 Å². The van der Waals surface area contributed by atoms with Gasteiger partial charge in [-0.25, -0.2) is 0 Å². The van der Waals surface area contributed by atoms with E-state index in [9.17, 15) is 9.59 Å². The van der Waals surface area contributed by atoms with Gasteiger partial charge in [0.2, 0.25) is 11.8 Å². The van der Waals surface area contributed by atoms with Crippen molar-refractivity contribution in [1.82, 2.24) is 9.80 Å². The highest BCUT2D eigenvalue weighted by molar-refractivity contribution is 6.18. The fraction of sp³-hybridized carbons (Fsp3) is 0.750. The van der Waals surface area contributed by atoms with Crippen molar-refractivity contribution in [3.05, 3.63) is 0 Å². The minimum absolute atomic E-state index is 0.0598. The third-order valence-electron chi connectivity index (χ3n) is 2.07. The van der Waals surface area contributed by atoms with Gasteiger partial charge in [0.05, 0.1) is 13.1 Å². The molecular weight excluding hydrogens is 227 g/mol. The van der Waals surface area contributed by atoms with E-state index in [1.54, 1.807) is 0 Å². The van der Waals surface area contributed by atoms with Crippen LogP contribution in [-0.4, -0.2) is 59.6 Å². The average molecular weight is 239 g/mol. The zero-order chi connectivity index (χ0) is 10.6. The number of halogens is 2. The van der Waals surface area contributed by atoms with E-state index in [1.165, 1.54) is 9.80 Å². The van der Waals surface area contributed by atoms with Crippen LogP contribution in [-0.2, 0) is 9.59 Å². The normalized spacial score (nSPS) is 17.9. The summed E-state index contributed by atoms with van der Waals surface area (Å²) in [5, 5.41) is 0. The van der Waals surface area contributed by atoms with Crippen molar-refractivity contribution < 1.29 is 9.59 Å². The highest BCUT2D eigenvalue weighted by atomic mass is 35.5. The Morgan fingerprint density at radius 1 is 0.929 bits per heavy atom. The number of alkyl halides is 2. The molecule has 1 saturated heterocycles. The molecule has 0 aromatic carbocycles. The summed E-state index contributed by atoms with van der Waals surface area (Å²) in [5.41, 5.74) is 0. The average Bonchev–Trinajstić information content (AvgIpc) is 2.14. The molecule has 0 spiro atoms. The summed E-state index contributed by atoms with van der Waals surface area (Å²) in [6, 6.07) is 0. The molecule has 0 bridgehead atoms. The summed E-state index contributed by atoms with van der Waals surface area (Å²) in [6.45, 7) is 1.12. The number of rotatable bonds is 4. The maximum Gasteiger partial charge on any atom is 0.242 e. The van der Waals surface area contributed by atoms with Crippen molar-refractivity contribution in [3.8, 4) is 0 Å². The smallest absolute Gasteiger partial charge is 0.242 e. The van der Waals surface area contributed by atoms with Gasteiger partial charge in [-0.3, -0.25) is 9.59 Å². The number of hydrogen-bond acceptors (Lipinski definition) is 2. The Hall–Kier alpha value is -0.480. The highest BCUT2D eigenvalue weighted by Crippen LogP contribution is 2.05. The minimum atomic E-state index is -0.0598. The molecule has 0 radical (unpaired) electrons. The van der Waals surface area contributed by atoms with Crippen molar-refractivity contribution in [2.45, 2.75) is 0 Å². The molecule has 1 aliphatic heterocycles. The Bertz CT molecular complexity index is 211. The van der Waals surface area contributed by atoms with Gasteiger partial charge in [0.1, 0.15) is 0 Å². The second kappa shape index (κ2) is 5.41. The van der Waals surface area contributed by atoms with E-state index in [0.29, 0.717) is 24.8 Å². The van der Waals surface area contributed by atoms with Crippen LogP contribution in [0.1, 0.15) is 0 Å². The van der Waals surface area contributed by atoms with Crippen LogP contribution in [0.5, 0.6) is 0 Å². The fourth-order valence-electron chi connectivity index (χ4n) is 1.31. The fourth-order valence-corrected chi connectivity index (χ4v) is 1.72. The van der Waals surface area contributed by atoms with Crippen molar-refractivity contribution in [2.75, 3.05) is 37.9 Å². The molecule has 0 aromatic rings. The summed E-state index contributed by atoms with van der Waals surface area (Å²) in [5.74, 6) is 0.592. The first-order valence-corrected chi connectivity index (χ1v) is 5.43. The second-order valence-corrected chi connectivity index (χ2v) is 3.76. The molecule has 1 heterocycles. The lowest BCUT2D eigenvalue weighted by molar-refractivity contribution is -0.149. The molecule has 4 nitrogen and oxygen atoms in total. The summed E-state index contributed by atoms with van der Waals surface area (Å²) in [6.07, 6.45) is 0. The van der Waals surface area contributed by atoms with Crippen LogP contribution in [0.25, 0.3) is 0 Å². The van der Waals surface area contributed by atoms with Crippen LogP contribution in [0.4, 0.5) is 0 Å². The van der Waals surface area contributed by atoms with Crippen LogP contribution in [0.3, 0.4) is 0 Å². The standard InChI is InChI=1S/C8H12Cl2N2O2/c9-1-3-11-5-8(14)12(4-2-10)6-7(11)13/h1-6H2. The lowest BCUT2D eigenvalue weighted by atomic mass is 10.3. The SMILES string of the molecule is O=C1CN(CCCl)C(=O)CN1CCCl. The summed E-state index contributed by atoms with van der Waals surface area (Å²) >= 11 is 11.0. The van der Waals surface area contributed by atoms with E-state index >= 15 is 0 Å². The van der Waals surface area contributed by atoms with Gasteiger partial charge in [0, 0.05) is 24.8 Å². The van der Waals surface area contributed by atoms with Crippen molar-refractivity contribution in [3.63, 3.8) is 0 Å². The molecule has 14 heavy (non-hydrogen) atoms. The van der Waals surface area contributed by atoms with Crippen LogP contribution in [0, 0.1) is 0 Å². The van der Waals surface area contributed by atoms with Crippen LogP contribution in [0.15, 0.2) is 0 Å². The Labute approximate surface area is 92.7 Å². The van der Waals surface area contributed by atoms with Gasteiger partial charge < -0.3 is 9.80 Å². The maximum absolute atomic E-state index is 11.4. The number of hydrogen-bond donors (Lipinski definition) is 0. The first kappa shape index (κ1) is 11.6. The Morgan fingerprint density at radius 2 is 1.29 bits per heavy atom. The van der Waals surface area contributed by atoms with E-state index in [-0.39, 0.29) is 24.9 Å². The number of piperazine rings is 1. The molecule has 0 aromatic heterocycles.